The van der Waals surface area contributed by atoms with Gasteiger partial charge in [0.1, 0.15) is 6.04 Å². The monoisotopic (exact) mass is 487 g/mol. The summed E-state index contributed by atoms with van der Waals surface area (Å²) < 4.78 is 0. The van der Waals surface area contributed by atoms with Gasteiger partial charge in [-0.3, -0.25) is 19.5 Å². The minimum atomic E-state index is -0.783. The van der Waals surface area contributed by atoms with Crippen LogP contribution >= 0.6 is 0 Å². The molecule has 0 radical (unpaired) electrons. The van der Waals surface area contributed by atoms with Crippen molar-refractivity contribution in [3.63, 3.8) is 0 Å². The summed E-state index contributed by atoms with van der Waals surface area (Å²) in [5.41, 5.74) is 3.82. The summed E-state index contributed by atoms with van der Waals surface area (Å²) in [6, 6.07) is 11.2. The standard InChI is InChI=1S/C31H41N3O2/c1-31(2,3)25-16-18-27(19-17-25)34(28(35)21-23-11-6-4-7-12-23)29(24-13-10-20-32-22-24)30(36)33-26-14-8-5-9-15-26/h10,13,16-22,26,29H,4-9,11-12,14-15H2,1-3H3,(H,33,36). The van der Waals surface area contributed by atoms with E-state index in [0.717, 1.165) is 62.6 Å². The lowest BCUT2D eigenvalue weighted by Crippen LogP contribution is -2.47. The first-order valence-electron chi connectivity index (χ1n) is 13.7. The Morgan fingerprint density at radius 1 is 0.972 bits per heavy atom. The SMILES string of the molecule is CC(C)(C)c1ccc(N(C(=O)C=C2CCCCC2)C(C(=O)NC2CCCCC2)c2cccnc2)cc1. The average molecular weight is 488 g/mol. The number of rotatable bonds is 6. The Hall–Kier alpha value is -2.95. The fraction of sp³-hybridized carbons (Fsp3) is 0.516. The summed E-state index contributed by atoms with van der Waals surface area (Å²) >= 11 is 0. The quantitative estimate of drug-likeness (QED) is 0.456. The number of nitrogens with one attached hydrogen (secondary N) is 1. The van der Waals surface area contributed by atoms with E-state index in [4.69, 9.17) is 0 Å². The lowest BCUT2D eigenvalue weighted by Gasteiger charge is -2.33. The smallest absolute Gasteiger partial charge is 0.251 e. The Morgan fingerprint density at radius 2 is 1.64 bits per heavy atom. The van der Waals surface area contributed by atoms with Crippen LogP contribution in [0.2, 0.25) is 0 Å². The zero-order chi connectivity index (χ0) is 25.5. The summed E-state index contributed by atoms with van der Waals surface area (Å²) in [4.78, 5) is 33.8. The molecule has 1 unspecified atom stereocenters. The number of nitrogens with zero attached hydrogens (tertiary/aromatic N) is 2. The molecule has 5 nitrogen and oxygen atoms in total. The lowest BCUT2D eigenvalue weighted by molar-refractivity contribution is -0.126. The predicted molar refractivity (Wildman–Crippen MR) is 146 cm³/mol. The van der Waals surface area contributed by atoms with Gasteiger partial charge in [0.15, 0.2) is 0 Å². The largest absolute Gasteiger partial charge is 0.351 e. The predicted octanol–water partition coefficient (Wildman–Crippen LogP) is 6.79. The number of anilines is 1. The number of aromatic nitrogens is 1. The molecule has 2 saturated carbocycles. The van der Waals surface area contributed by atoms with Crippen molar-refractivity contribution >= 4 is 17.5 Å². The molecule has 1 aromatic carbocycles. The number of allylic oxidation sites excluding steroid dienone is 1. The van der Waals surface area contributed by atoms with Crippen LogP contribution in [0.1, 0.15) is 102 Å². The van der Waals surface area contributed by atoms with Crippen molar-refractivity contribution in [3.05, 3.63) is 71.6 Å². The van der Waals surface area contributed by atoms with E-state index in [9.17, 15) is 9.59 Å². The van der Waals surface area contributed by atoms with Gasteiger partial charge < -0.3 is 5.32 Å². The van der Waals surface area contributed by atoms with E-state index in [2.05, 4.69) is 43.2 Å². The molecule has 36 heavy (non-hydrogen) atoms. The van der Waals surface area contributed by atoms with Crippen LogP contribution in [0.15, 0.2) is 60.4 Å². The van der Waals surface area contributed by atoms with Crippen molar-refractivity contribution in [1.82, 2.24) is 10.3 Å². The molecule has 192 valence electrons. The van der Waals surface area contributed by atoms with Crippen LogP contribution < -0.4 is 10.2 Å². The Kier molecular flexibility index (Phi) is 8.60. The van der Waals surface area contributed by atoms with E-state index < -0.39 is 6.04 Å². The molecule has 2 fully saturated rings. The summed E-state index contributed by atoms with van der Waals surface area (Å²) in [7, 11) is 0. The molecule has 0 bridgehead atoms. The molecular weight excluding hydrogens is 446 g/mol. The molecule has 0 aliphatic heterocycles. The van der Waals surface area contributed by atoms with Gasteiger partial charge in [-0.05, 0) is 67.7 Å². The molecule has 2 amide bonds. The van der Waals surface area contributed by atoms with Crippen LogP contribution in [-0.2, 0) is 15.0 Å². The minimum absolute atomic E-state index is 0.00144. The van der Waals surface area contributed by atoms with Crippen LogP contribution in [0.5, 0.6) is 0 Å². The molecular formula is C31H41N3O2. The average Bonchev–Trinajstić information content (AvgIpc) is 2.88. The summed E-state index contributed by atoms with van der Waals surface area (Å²) in [5, 5.41) is 3.28. The molecule has 1 atom stereocenters. The number of hydrogen-bond acceptors (Lipinski definition) is 3. The van der Waals surface area contributed by atoms with Gasteiger partial charge in [-0.15, -0.1) is 0 Å². The molecule has 5 heteroatoms. The normalized spacial score (nSPS) is 17.8. The van der Waals surface area contributed by atoms with Crippen molar-refractivity contribution in [2.75, 3.05) is 4.90 Å². The van der Waals surface area contributed by atoms with Gasteiger partial charge in [-0.1, -0.05) is 70.2 Å². The van der Waals surface area contributed by atoms with E-state index in [0.29, 0.717) is 0 Å². The minimum Gasteiger partial charge on any atom is -0.351 e. The molecule has 0 spiro atoms. The first-order valence-corrected chi connectivity index (χ1v) is 13.7. The van der Waals surface area contributed by atoms with Gasteiger partial charge in [0.25, 0.3) is 5.91 Å². The Morgan fingerprint density at radius 3 is 2.25 bits per heavy atom. The number of carbonyl (C=O) groups is 2. The van der Waals surface area contributed by atoms with Crippen LogP contribution in [0, 0.1) is 0 Å². The molecule has 4 rings (SSSR count). The van der Waals surface area contributed by atoms with E-state index in [-0.39, 0.29) is 23.3 Å². The van der Waals surface area contributed by atoms with Gasteiger partial charge in [-0.25, -0.2) is 0 Å². The zero-order valence-electron chi connectivity index (χ0n) is 22.1. The molecule has 2 aliphatic carbocycles. The second-order valence-electron chi connectivity index (χ2n) is 11.4. The highest BCUT2D eigenvalue weighted by Gasteiger charge is 2.34. The highest BCUT2D eigenvalue weighted by molar-refractivity contribution is 6.07. The number of hydrogen-bond donors (Lipinski definition) is 1. The molecule has 1 aromatic heterocycles. The van der Waals surface area contributed by atoms with Gasteiger partial charge >= 0.3 is 0 Å². The zero-order valence-corrected chi connectivity index (χ0v) is 22.1. The second kappa shape index (κ2) is 11.9. The Balaban J connectivity index is 1.74. The van der Waals surface area contributed by atoms with Crippen LogP contribution in [0.4, 0.5) is 5.69 Å². The summed E-state index contributed by atoms with van der Waals surface area (Å²) in [6.45, 7) is 6.53. The highest BCUT2D eigenvalue weighted by Crippen LogP contribution is 2.32. The molecule has 2 aliphatic rings. The van der Waals surface area contributed by atoms with Crippen molar-refractivity contribution in [2.24, 2.45) is 0 Å². The first-order chi connectivity index (χ1) is 17.3. The lowest BCUT2D eigenvalue weighted by atomic mass is 9.87. The van der Waals surface area contributed by atoms with Crippen molar-refractivity contribution < 1.29 is 9.59 Å². The molecule has 1 heterocycles. The van der Waals surface area contributed by atoms with Crippen LogP contribution in [0.3, 0.4) is 0 Å². The van der Waals surface area contributed by atoms with Crippen LogP contribution in [-0.4, -0.2) is 22.8 Å². The van der Waals surface area contributed by atoms with Gasteiger partial charge in [-0.2, -0.15) is 0 Å². The number of carbonyl (C=O) groups excluding carboxylic acids is 2. The van der Waals surface area contributed by atoms with E-state index >= 15 is 0 Å². The fourth-order valence-corrected chi connectivity index (χ4v) is 5.40. The van der Waals surface area contributed by atoms with Crippen molar-refractivity contribution in [1.29, 1.82) is 0 Å². The van der Waals surface area contributed by atoms with E-state index in [1.165, 1.54) is 24.0 Å². The Bertz CT molecular complexity index is 1040. The fourth-order valence-electron chi connectivity index (χ4n) is 5.40. The van der Waals surface area contributed by atoms with Crippen molar-refractivity contribution in [2.45, 2.75) is 102 Å². The number of benzene rings is 1. The highest BCUT2D eigenvalue weighted by atomic mass is 16.2. The molecule has 0 saturated heterocycles. The van der Waals surface area contributed by atoms with Crippen molar-refractivity contribution in [3.8, 4) is 0 Å². The van der Waals surface area contributed by atoms with E-state index in [1.807, 2.05) is 24.3 Å². The maximum atomic E-state index is 14.0. The third-order valence-electron chi connectivity index (χ3n) is 7.53. The maximum absolute atomic E-state index is 14.0. The topological polar surface area (TPSA) is 62.3 Å². The third-order valence-corrected chi connectivity index (χ3v) is 7.53. The summed E-state index contributed by atoms with van der Waals surface area (Å²) in [5.74, 6) is -0.270. The van der Waals surface area contributed by atoms with E-state index in [1.54, 1.807) is 23.4 Å². The number of amides is 2. The molecule has 2 aromatic rings. The third kappa shape index (κ3) is 6.63. The Labute approximate surface area is 216 Å². The summed E-state index contributed by atoms with van der Waals surface area (Å²) in [6.07, 6.45) is 16.0. The van der Waals surface area contributed by atoms with Gasteiger partial charge in [0, 0.05) is 35.8 Å². The number of pyridine rings is 1. The van der Waals surface area contributed by atoms with Crippen LogP contribution in [0.25, 0.3) is 0 Å². The first kappa shape index (κ1) is 26.1. The maximum Gasteiger partial charge on any atom is 0.251 e. The second-order valence-corrected chi connectivity index (χ2v) is 11.4. The van der Waals surface area contributed by atoms with Gasteiger partial charge in [0.2, 0.25) is 5.91 Å². The molecule has 1 N–H and O–H groups in total. The van der Waals surface area contributed by atoms with Gasteiger partial charge in [0.05, 0.1) is 0 Å².